The van der Waals surface area contributed by atoms with Gasteiger partial charge in [-0.15, -0.1) is 0 Å². The maximum atomic E-state index is 12.6. The smallest absolute Gasteiger partial charge is 0.415 e. The number of fused-ring (bicyclic) bond motifs is 1. The van der Waals surface area contributed by atoms with Crippen LogP contribution in [0.3, 0.4) is 0 Å². The van der Waals surface area contributed by atoms with Gasteiger partial charge in [0.05, 0.1) is 5.69 Å². The second-order valence-corrected chi connectivity index (χ2v) is 5.50. The van der Waals surface area contributed by atoms with E-state index in [9.17, 15) is 14.4 Å². The molecular weight excluding hydrogens is 324 g/mol. The van der Waals surface area contributed by atoms with E-state index in [0.717, 1.165) is 11.1 Å². The number of nitrogens with zero attached hydrogens (tertiary/aromatic N) is 1. The van der Waals surface area contributed by atoms with Crippen molar-refractivity contribution in [3.05, 3.63) is 65.7 Å². The molecular formula is C18H16N2O5. The monoisotopic (exact) mass is 340 g/mol. The lowest BCUT2D eigenvalue weighted by molar-refractivity contribution is -0.138. The van der Waals surface area contributed by atoms with Gasteiger partial charge in [-0.2, -0.15) is 0 Å². The van der Waals surface area contributed by atoms with Gasteiger partial charge in [0.1, 0.15) is 12.6 Å². The summed E-state index contributed by atoms with van der Waals surface area (Å²) in [5, 5.41) is 0. The van der Waals surface area contributed by atoms with Crippen LogP contribution in [0, 0.1) is 0 Å². The molecule has 1 aliphatic rings. The summed E-state index contributed by atoms with van der Waals surface area (Å²) in [6.45, 7) is 0.0654. The third-order valence-electron chi connectivity index (χ3n) is 3.85. The van der Waals surface area contributed by atoms with Gasteiger partial charge < -0.3 is 15.2 Å². The molecule has 7 heteroatoms. The van der Waals surface area contributed by atoms with Crippen molar-refractivity contribution in [2.24, 2.45) is 5.73 Å². The molecule has 2 aromatic rings. The number of benzene rings is 2. The van der Waals surface area contributed by atoms with Crippen LogP contribution in [0.4, 0.5) is 15.3 Å². The van der Waals surface area contributed by atoms with E-state index in [1.165, 1.54) is 4.90 Å². The molecule has 1 heterocycles. The number of carbonyl (C=O) groups excluding carboxylic acids is 3. The number of amides is 2. The van der Waals surface area contributed by atoms with Crippen molar-refractivity contribution < 1.29 is 23.9 Å². The highest BCUT2D eigenvalue weighted by molar-refractivity contribution is 6.01. The van der Waals surface area contributed by atoms with Gasteiger partial charge in [-0.1, -0.05) is 48.5 Å². The number of carbonyl (C=O) groups is 3. The van der Waals surface area contributed by atoms with Gasteiger partial charge in [0, 0.05) is 6.42 Å². The zero-order chi connectivity index (χ0) is 17.8. The Hall–Kier alpha value is -3.35. The highest BCUT2D eigenvalue weighted by atomic mass is 16.6. The molecule has 1 unspecified atom stereocenters. The molecule has 7 nitrogen and oxygen atoms in total. The first-order chi connectivity index (χ1) is 12.1. The maximum absolute atomic E-state index is 12.6. The maximum Gasteiger partial charge on any atom is 0.415 e. The normalized spacial score (nSPS) is 15.4. The molecule has 3 rings (SSSR count). The van der Waals surface area contributed by atoms with Crippen LogP contribution in [0.25, 0.3) is 0 Å². The SMILES string of the molecule is NC(=O)OC(=O)C1Cc2ccccc2N1C(=O)OCc1ccccc1. The van der Waals surface area contributed by atoms with Crippen LogP contribution < -0.4 is 10.6 Å². The van der Waals surface area contributed by atoms with E-state index >= 15 is 0 Å². The fourth-order valence-corrected chi connectivity index (χ4v) is 2.76. The Labute approximate surface area is 143 Å². The van der Waals surface area contributed by atoms with E-state index in [-0.39, 0.29) is 13.0 Å². The Morgan fingerprint density at radius 1 is 1.04 bits per heavy atom. The minimum atomic E-state index is -1.21. The van der Waals surface area contributed by atoms with Crippen molar-refractivity contribution in [2.75, 3.05) is 4.90 Å². The van der Waals surface area contributed by atoms with Gasteiger partial charge in [0.2, 0.25) is 0 Å². The van der Waals surface area contributed by atoms with E-state index in [1.807, 2.05) is 30.3 Å². The molecule has 0 bridgehead atoms. The van der Waals surface area contributed by atoms with Gasteiger partial charge >= 0.3 is 18.2 Å². The second-order valence-electron chi connectivity index (χ2n) is 5.50. The summed E-state index contributed by atoms with van der Waals surface area (Å²) >= 11 is 0. The summed E-state index contributed by atoms with van der Waals surface area (Å²) < 4.78 is 9.78. The summed E-state index contributed by atoms with van der Waals surface area (Å²) in [7, 11) is 0. The molecule has 2 amide bonds. The summed E-state index contributed by atoms with van der Waals surface area (Å²) in [5.41, 5.74) is 7.06. The molecule has 25 heavy (non-hydrogen) atoms. The topological polar surface area (TPSA) is 98.9 Å². The predicted molar refractivity (Wildman–Crippen MR) is 88.7 cm³/mol. The molecule has 128 valence electrons. The van der Waals surface area contributed by atoms with E-state index in [2.05, 4.69) is 4.74 Å². The van der Waals surface area contributed by atoms with E-state index in [0.29, 0.717) is 5.69 Å². The van der Waals surface area contributed by atoms with E-state index in [1.54, 1.807) is 24.3 Å². The fourth-order valence-electron chi connectivity index (χ4n) is 2.76. The number of rotatable bonds is 3. The summed E-state index contributed by atoms with van der Waals surface area (Å²) in [4.78, 5) is 36.8. The van der Waals surface area contributed by atoms with Crippen LogP contribution in [0.15, 0.2) is 54.6 Å². The highest BCUT2D eigenvalue weighted by Gasteiger charge is 2.40. The summed E-state index contributed by atoms with van der Waals surface area (Å²) in [6.07, 6.45) is -1.68. The van der Waals surface area contributed by atoms with Crippen molar-refractivity contribution in [3.63, 3.8) is 0 Å². The lowest BCUT2D eigenvalue weighted by Crippen LogP contribution is -2.45. The van der Waals surface area contributed by atoms with Crippen LogP contribution in [0.1, 0.15) is 11.1 Å². The van der Waals surface area contributed by atoms with Gasteiger partial charge in [0.25, 0.3) is 0 Å². The Morgan fingerprint density at radius 2 is 1.72 bits per heavy atom. The first-order valence-corrected chi connectivity index (χ1v) is 7.65. The lowest BCUT2D eigenvalue weighted by Gasteiger charge is -2.23. The minimum Gasteiger partial charge on any atom is -0.444 e. The average molecular weight is 340 g/mol. The molecule has 1 atom stereocenters. The number of esters is 1. The Morgan fingerprint density at radius 3 is 2.44 bits per heavy atom. The lowest BCUT2D eigenvalue weighted by atomic mass is 10.1. The second kappa shape index (κ2) is 7.04. The van der Waals surface area contributed by atoms with Gasteiger partial charge in [-0.25, -0.2) is 14.4 Å². The molecule has 0 saturated carbocycles. The average Bonchev–Trinajstić information content (AvgIpc) is 3.00. The molecule has 0 aliphatic carbocycles. The number of hydrogen-bond donors (Lipinski definition) is 1. The van der Waals surface area contributed by atoms with Crippen molar-refractivity contribution >= 4 is 23.8 Å². The number of para-hydroxylation sites is 1. The molecule has 0 spiro atoms. The molecule has 1 aliphatic heterocycles. The molecule has 2 N–H and O–H groups in total. The third-order valence-corrected chi connectivity index (χ3v) is 3.85. The third kappa shape index (κ3) is 3.60. The van der Waals surface area contributed by atoms with Crippen molar-refractivity contribution in [3.8, 4) is 0 Å². The van der Waals surface area contributed by atoms with Crippen LogP contribution in [0.5, 0.6) is 0 Å². The number of anilines is 1. The number of nitrogens with two attached hydrogens (primary N) is 1. The summed E-state index contributed by atoms with van der Waals surface area (Å²) in [5.74, 6) is -0.889. The molecule has 0 saturated heterocycles. The highest BCUT2D eigenvalue weighted by Crippen LogP contribution is 2.33. The Kier molecular flexibility index (Phi) is 4.65. The largest absolute Gasteiger partial charge is 0.444 e. The van der Waals surface area contributed by atoms with Crippen LogP contribution in [-0.2, 0) is 27.3 Å². The first kappa shape index (κ1) is 16.5. The Balaban J connectivity index is 1.80. The van der Waals surface area contributed by atoms with Gasteiger partial charge in [-0.3, -0.25) is 4.90 Å². The molecule has 2 aromatic carbocycles. The van der Waals surface area contributed by atoms with E-state index in [4.69, 9.17) is 10.5 Å². The van der Waals surface area contributed by atoms with Crippen molar-refractivity contribution in [1.82, 2.24) is 0 Å². The van der Waals surface area contributed by atoms with Gasteiger partial charge in [0.15, 0.2) is 0 Å². The zero-order valence-electron chi connectivity index (χ0n) is 13.3. The number of hydrogen-bond acceptors (Lipinski definition) is 5. The van der Waals surface area contributed by atoms with Crippen LogP contribution in [-0.4, -0.2) is 24.2 Å². The van der Waals surface area contributed by atoms with E-state index < -0.39 is 24.2 Å². The predicted octanol–water partition coefficient (Wildman–Crippen LogP) is 2.38. The molecule has 0 radical (unpaired) electrons. The number of ether oxygens (including phenoxy) is 2. The molecule has 0 aromatic heterocycles. The number of primary amides is 1. The summed E-state index contributed by atoms with van der Waals surface area (Å²) in [6, 6.07) is 15.2. The first-order valence-electron chi connectivity index (χ1n) is 7.65. The minimum absolute atomic E-state index is 0.0654. The van der Waals surface area contributed by atoms with Crippen molar-refractivity contribution in [1.29, 1.82) is 0 Å². The quantitative estimate of drug-likeness (QED) is 0.683. The van der Waals surface area contributed by atoms with Crippen molar-refractivity contribution in [2.45, 2.75) is 19.1 Å². The van der Waals surface area contributed by atoms with Crippen LogP contribution >= 0.6 is 0 Å². The Bertz CT molecular complexity index is 806. The zero-order valence-corrected chi connectivity index (χ0v) is 13.3. The van der Waals surface area contributed by atoms with Gasteiger partial charge in [-0.05, 0) is 17.2 Å². The molecule has 0 fully saturated rings. The standard InChI is InChI=1S/C18H16N2O5/c19-17(22)25-16(21)15-10-13-8-4-5-9-14(13)20(15)18(23)24-11-12-6-2-1-3-7-12/h1-9,15H,10-11H2,(H2,19,22). The fraction of sp³-hybridized carbons (Fsp3) is 0.167. The van der Waals surface area contributed by atoms with Crippen LogP contribution in [0.2, 0.25) is 0 Å².